The molecular formula is C23H26FN5O2. The van der Waals surface area contributed by atoms with Crippen LogP contribution in [-0.2, 0) is 12.8 Å². The van der Waals surface area contributed by atoms with Crippen molar-refractivity contribution in [1.29, 1.82) is 0 Å². The van der Waals surface area contributed by atoms with Crippen LogP contribution < -0.4 is 10.9 Å². The lowest BCUT2D eigenvalue weighted by atomic mass is 9.90. The number of hydrogen-bond donors (Lipinski definition) is 2. The van der Waals surface area contributed by atoms with E-state index in [0.29, 0.717) is 24.3 Å². The number of amides is 1. The molecule has 4 heterocycles. The first-order valence-electron chi connectivity index (χ1n) is 10.5. The van der Waals surface area contributed by atoms with Crippen LogP contribution in [0.1, 0.15) is 47.1 Å². The number of aromatic amines is 1. The summed E-state index contributed by atoms with van der Waals surface area (Å²) in [7, 11) is 1.49. The quantitative estimate of drug-likeness (QED) is 0.595. The lowest BCUT2D eigenvalue weighted by Crippen LogP contribution is -2.48. The van der Waals surface area contributed by atoms with Crippen molar-refractivity contribution in [1.82, 2.24) is 25.2 Å². The lowest BCUT2D eigenvalue weighted by molar-refractivity contribution is 0.0593. The number of aryl methyl sites for hydroxylation is 1. The second-order valence-corrected chi connectivity index (χ2v) is 8.10. The van der Waals surface area contributed by atoms with Crippen LogP contribution in [0, 0.1) is 11.9 Å². The summed E-state index contributed by atoms with van der Waals surface area (Å²) < 4.78 is 14.3. The Kier molecular flexibility index (Phi) is 5.82. The van der Waals surface area contributed by atoms with Gasteiger partial charge in [0.1, 0.15) is 5.69 Å². The third-order valence-corrected chi connectivity index (χ3v) is 6.08. The lowest BCUT2D eigenvalue weighted by Gasteiger charge is -2.43. The van der Waals surface area contributed by atoms with Gasteiger partial charge in [-0.25, -0.2) is 4.98 Å². The van der Waals surface area contributed by atoms with Crippen LogP contribution in [0.4, 0.5) is 4.39 Å². The topological polar surface area (TPSA) is 91.0 Å². The fourth-order valence-electron chi connectivity index (χ4n) is 4.08. The SMILES string of the molecule is CCc1cc2ncc([C@@H](C)N3CC(Cc4ccc(C(=O)NC)nc4F)C3)cc2[nH]c1=O. The van der Waals surface area contributed by atoms with E-state index in [2.05, 4.69) is 32.1 Å². The van der Waals surface area contributed by atoms with Gasteiger partial charge in [0.2, 0.25) is 5.95 Å². The Morgan fingerprint density at radius 2 is 2.10 bits per heavy atom. The van der Waals surface area contributed by atoms with Crippen molar-refractivity contribution >= 4 is 16.9 Å². The highest BCUT2D eigenvalue weighted by Crippen LogP contribution is 2.31. The second-order valence-electron chi connectivity index (χ2n) is 8.10. The highest BCUT2D eigenvalue weighted by Gasteiger charge is 2.32. The molecule has 3 aromatic rings. The molecule has 1 atom stereocenters. The van der Waals surface area contributed by atoms with Gasteiger partial charge in [-0.2, -0.15) is 4.39 Å². The molecular weight excluding hydrogens is 397 g/mol. The Labute approximate surface area is 179 Å². The number of carbonyl (C=O) groups is 1. The molecule has 0 saturated carbocycles. The molecule has 7 nitrogen and oxygen atoms in total. The summed E-state index contributed by atoms with van der Waals surface area (Å²) in [6.07, 6.45) is 3.11. The molecule has 0 bridgehead atoms. The number of nitrogens with zero attached hydrogens (tertiary/aromatic N) is 3. The van der Waals surface area contributed by atoms with Crippen LogP contribution >= 0.6 is 0 Å². The number of hydrogen-bond acceptors (Lipinski definition) is 5. The zero-order valence-corrected chi connectivity index (χ0v) is 17.9. The van der Waals surface area contributed by atoms with Gasteiger partial charge in [-0.1, -0.05) is 13.0 Å². The van der Waals surface area contributed by atoms with Crippen LogP contribution in [0.15, 0.2) is 35.3 Å². The molecule has 162 valence electrons. The van der Waals surface area contributed by atoms with Crippen molar-refractivity contribution in [3.63, 3.8) is 0 Å². The minimum Gasteiger partial charge on any atom is -0.354 e. The molecule has 1 amide bonds. The maximum atomic E-state index is 14.3. The highest BCUT2D eigenvalue weighted by molar-refractivity contribution is 5.91. The maximum Gasteiger partial charge on any atom is 0.269 e. The number of rotatable bonds is 6. The molecule has 4 rings (SSSR count). The molecule has 1 aliphatic heterocycles. The van der Waals surface area contributed by atoms with Crippen LogP contribution in [0.25, 0.3) is 11.0 Å². The van der Waals surface area contributed by atoms with E-state index >= 15 is 0 Å². The smallest absolute Gasteiger partial charge is 0.269 e. The van der Waals surface area contributed by atoms with Gasteiger partial charge >= 0.3 is 0 Å². The third kappa shape index (κ3) is 4.20. The van der Waals surface area contributed by atoms with Crippen molar-refractivity contribution in [2.45, 2.75) is 32.7 Å². The van der Waals surface area contributed by atoms with Gasteiger partial charge in [-0.15, -0.1) is 0 Å². The largest absolute Gasteiger partial charge is 0.354 e. The predicted molar refractivity (Wildman–Crippen MR) is 117 cm³/mol. The Morgan fingerprint density at radius 1 is 1.32 bits per heavy atom. The molecule has 3 aromatic heterocycles. The fraction of sp³-hybridized carbons (Fsp3) is 0.391. The summed E-state index contributed by atoms with van der Waals surface area (Å²) in [6, 6.07) is 7.18. The van der Waals surface area contributed by atoms with E-state index in [-0.39, 0.29) is 17.3 Å². The first-order chi connectivity index (χ1) is 14.9. The fourth-order valence-corrected chi connectivity index (χ4v) is 4.08. The number of likely N-dealkylation sites (tertiary alicyclic amines) is 1. The monoisotopic (exact) mass is 423 g/mol. The zero-order valence-electron chi connectivity index (χ0n) is 17.9. The molecule has 0 aliphatic carbocycles. The average Bonchev–Trinajstić information content (AvgIpc) is 2.74. The Balaban J connectivity index is 1.41. The number of H-pyrrole nitrogens is 1. The average molecular weight is 423 g/mol. The van der Waals surface area contributed by atoms with E-state index in [4.69, 9.17) is 0 Å². The molecule has 0 aromatic carbocycles. The van der Waals surface area contributed by atoms with E-state index in [9.17, 15) is 14.0 Å². The van der Waals surface area contributed by atoms with Gasteiger partial charge in [0.25, 0.3) is 11.5 Å². The van der Waals surface area contributed by atoms with Gasteiger partial charge in [-0.05, 0) is 49.4 Å². The molecule has 2 N–H and O–H groups in total. The first kappa shape index (κ1) is 21.1. The molecule has 0 unspecified atom stereocenters. The van der Waals surface area contributed by atoms with Crippen molar-refractivity contribution in [3.8, 4) is 0 Å². The van der Waals surface area contributed by atoms with Crippen LogP contribution in [0.3, 0.4) is 0 Å². The van der Waals surface area contributed by atoms with Gasteiger partial charge in [0.05, 0.1) is 11.0 Å². The molecule has 31 heavy (non-hydrogen) atoms. The summed E-state index contributed by atoms with van der Waals surface area (Å²) in [4.78, 5) is 37.2. The van der Waals surface area contributed by atoms with E-state index in [0.717, 1.165) is 35.2 Å². The number of halogens is 1. The van der Waals surface area contributed by atoms with E-state index in [1.54, 1.807) is 12.1 Å². The summed E-state index contributed by atoms with van der Waals surface area (Å²) in [5.41, 5.74) is 3.85. The number of pyridine rings is 3. The second kappa shape index (κ2) is 8.55. The van der Waals surface area contributed by atoms with Gasteiger partial charge in [0.15, 0.2) is 0 Å². The summed E-state index contributed by atoms with van der Waals surface area (Å²) in [6.45, 7) is 5.73. The summed E-state index contributed by atoms with van der Waals surface area (Å²) in [5, 5.41) is 2.45. The first-order valence-corrected chi connectivity index (χ1v) is 10.5. The third-order valence-electron chi connectivity index (χ3n) is 6.08. The van der Waals surface area contributed by atoms with Crippen LogP contribution in [0.5, 0.6) is 0 Å². The summed E-state index contributed by atoms with van der Waals surface area (Å²) in [5.74, 6) is -0.656. The molecule has 0 radical (unpaired) electrons. The predicted octanol–water partition coefficient (Wildman–Crippen LogP) is 2.61. The Hall–Kier alpha value is -3.13. The molecule has 1 saturated heterocycles. The standard InChI is InChI=1S/C23H26FN5O2/c1-4-15-8-19-20(28-22(15)30)9-17(10-26-19)13(2)29-11-14(12-29)7-16-5-6-18(23(31)25-3)27-21(16)24/h5-6,8-10,13-14H,4,7,11-12H2,1-3H3,(H,25,31)(H,28,30)/t13-/m1/s1. The van der Waals surface area contributed by atoms with Crippen LogP contribution in [-0.4, -0.2) is 45.9 Å². The molecule has 1 fully saturated rings. The minimum absolute atomic E-state index is 0.0660. The number of fused-ring (bicyclic) bond motifs is 1. The number of aromatic nitrogens is 3. The molecule has 1 aliphatic rings. The minimum atomic E-state index is -0.582. The van der Waals surface area contributed by atoms with Gasteiger partial charge in [0, 0.05) is 43.5 Å². The maximum absolute atomic E-state index is 14.3. The molecule has 8 heteroatoms. The van der Waals surface area contributed by atoms with E-state index in [1.807, 2.05) is 25.3 Å². The number of nitrogens with one attached hydrogen (secondary N) is 2. The van der Waals surface area contributed by atoms with Crippen molar-refractivity contribution in [2.24, 2.45) is 5.92 Å². The number of carbonyl (C=O) groups excluding carboxylic acids is 1. The zero-order chi connectivity index (χ0) is 22.1. The Morgan fingerprint density at radius 3 is 2.77 bits per heavy atom. The van der Waals surface area contributed by atoms with Gasteiger partial charge in [-0.3, -0.25) is 19.5 Å². The van der Waals surface area contributed by atoms with Crippen LogP contribution in [0.2, 0.25) is 0 Å². The van der Waals surface area contributed by atoms with E-state index < -0.39 is 11.9 Å². The van der Waals surface area contributed by atoms with E-state index in [1.165, 1.54) is 7.05 Å². The summed E-state index contributed by atoms with van der Waals surface area (Å²) >= 11 is 0. The highest BCUT2D eigenvalue weighted by atomic mass is 19.1. The van der Waals surface area contributed by atoms with Crippen molar-refractivity contribution in [2.75, 3.05) is 20.1 Å². The normalized spacial score (nSPS) is 15.6. The Bertz CT molecular complexity index is 1190. The van der Waals surface area contributed by atoms with Crippen molar-refractivity contribution in [3.05, 3.63) is 69.1 Å². The van der Waals surface area contributed by atoms with Gasteiger partial charge < -0.3 is 10.3 Å². The molecule has 0 spiro atoms. The van der Waals surface area contributed by atoms with Crippen molar-refractivity contribution < 1.29 is 9.18 Å².